The molecule has 18 heavy (non-hydrogen) atoms. The van der Waals surface area contributed by atoms with Crippen molar-refractivity contribution in [2.75, 3.05) is 12.8 Å². The van der Waals surface area contributed by atoms with Crippen molar-refractivity contribution < 1.29 is 9.15 Å². The first-order valence-electron chi connectivity index (χ1n) is 5.56. The molecule has 0 aliphatic carbocycles. The fourth-order valence-electron chi connectivity index (χ4n) is 1.82. The second-order valence-electron chi connectivity index (χ2n) is 3.99. The van der Waals surface area contributed by atoms with E-state index in [1.807, 2.05) is 30.3 Å². The van der Waals surface area contributed by atoms with Gasteiger partial charge in [-0.15, -0.1) is 0 Å². The van der Waals surface area contributed by atoms with Gasteiger partial charge in [0.25, 0.3) is 0 Å². The molecule has 2 N–H and O–H groups in total. The van der Waals surface area contributed by atoms with Gasteiger partial charge in [-0.1, -0.05) is 0 Å². The molecule has 0 atom stereocenters. The summed E-state index contributed by atoms with van der Waals surface area (Å²) in [5.41, 5.74) is 7.79. The molecule has 3 rings (SSSR count). The van der Waals surface area contributed by atoms with Crippen molar-refractivity contribution in [3.05, 3.63) is 42.6 Å². The summed E-state index contributed by atoms with van der Waals surface area (Å²) in [4.78, 5) is 4.24. The van der Waals surface area contributed by atoms with Gasteiger partial charge in [-0.05, 0) is 30.3 Å². The van der Waals surface area contributed by atoms with Crippen molar-refractivity contribution in [2.24, 2.45) is 0 Å². The van der Waals surface area contributed by atoms with Gasteiger partial charge in [-0.2, -0.15) is 0 Å². The van der Waals surface area contributed by atoms with Crippen LogP contribution in [0.3, 0.4) is 0 Å². The highest BCUT2D eigenvalue weighted by atomic mass is 16.5. The van der Waals surface area contributed by atoms with Crippen LogP contribution in [0.4, 0.5) is 5.69 Å². The molecular formula is C14H12N2O2. The quantitative estimate of drug-likeness (QED) is 0.747. The van der Waals surface area contributed by atoms with Crippen LogP contribution in [0.1, 0.15) is 0 Å². The van der Waals surface area contributed by atoms with Gasteiger partial charge in [0.05, 0.1) is 19.0 Å². The number of nitrogen functional groups attached to an aromatic ring is 1. The highest BCUT2D eigenvalue weighted by Crippen LogP contribution is 2.29. The van der Waals surface area contributed by atoms with Gasteiger partial charge in [-0.3, -0.25) is 4.98 Å². The van der Waals surface area contributed by atoms with Gasteiger partial charge < -0.3 is 14.9 Å². The second kappa shape index (κ2) is 4.07. The van der Waals surface area contributed by atoms with E-state index in [-0.39, 0.29) is 0 Å². The summed E-state index contributed by atoms with van der Waals surface area (Å²) >= 11 is 0. The van der Waals surface area contributed by atoms with Crippen LogP contribution < -0.4 is 10.5 Å². The lowest BCUT2D eigenvalue weighted by atomic mass is 10.2. The maximum atomic E-state index is 5.75. The second-order valence-corrected chi connectivity index (χ2v) is 3.99. The lowest BCUT2D eigenvalue weighted by Crippen LogP contribution is -1.86. The van der Waals surface area contributed by atoms with Crippen LogP contribution in [0.2, 0.25) is 0 Å². The molecular weight excluding hydrogens is 228 g/mol. The zero-order valence-electron chi connectivity index (χ0n) is 9.88. The van der Waals surface area contributed by atoms with Crippen molar-refractivity contribution in [1.29, 1.82) is 0 Å². The Labute approximate surface area is 104 Å². The number of hydrogen-bond donors (Lipinski definition) is 1. The summed E-state index contributed by atoms with van der Waals surface area (Å²) in [6.45, 7) is 0. The first kappa shape index (κ1) is 10.7. The Morgan fingerprint density at radius 3 is 2.78 bits per heavy atom. The third-order valence-electron chi connectivity index (χ3n) is 2.77. The Balaban J connectivity index is 2.10. The van der Waals surface area contributed by atoms with E-state index >= 15 is 0 Å². The topological polar surface area (TPSA) is 61.3 Å². The van der Waals surface area contributed by atoms with E-state index in [9.17, 15) is 0 Å². The smallest absolute Gasteiger partial charge is 0.153 e. The van der Waals surface area contributed by atoms with E-state index in [1.54, 1.807) is 19.4 Å². The molecule has 0 saturated carbocycles. The Kier molecular flexibility index (Phi) is 2.41. The summed E-state index contributed by atoms with van der Waals surface area (Å²) in [6.07, 6.45) is 1.61. The number of furan rings is 1. The Hall–Kier alpha value is -2.49. The van der Waals surface area contributed by atoms with E-state index in [0.29, 0.717) is 5.69 Å². The standard InChI is InChI=1S/C14H12N2O2/c1-17-11-4-2-9-6-14(18-13(9)7-11)12-5-3-10(15)8-16-12/h2-8H,15H2,1H3. The lowest BCUT2D eigenvalue weighted by molar-refractivity contribution is 0.414. The molecule has 0 aliphatic heterocycles. The summed E-state index contributed by atoms with van der Waals surface area (Å²) in [5.74, 6) is 1.49. The predicted molar refractivity (Wildman–Crippen MR) is 70.4 cm³/mol. The van der Waals surface area contributed by atoms with Crippen molar-refractivity contribution in [3.8, 4) is 17.2 Å². The average Bonchev–Trinajstić information content (AvgIpc) is 2.82. The Morgan fingerprint density at radius 2 is 2.06 bits per heavy atom. The molecule has 0 radical (unpaired) electrons. The highest BCUT2D eigenvalue weighted by molar-refractivity contribution is 5.83. The molecule has 2 aromatic heterocycles. The first-order chi connectivity index (χ1) is 8.76. The molecule has 0 aliphatic rings. The summed E-state index contributed by atoms with van der Waals surface area (Å²) in [6, 6.07) is 11.3. The van der Waals surface area contributed by atoms with Crippen molar-refractivity contribution in [1.82, 2.24) is 4.98 Å². The van der Waals surface area contributed by atoms with Crippen LogP contribution in [0.15, 0.2) is 47.0 Å². The monoisotopic (exact) mass is 240 g/mol. The van der Waals surface area contributed by atoms with Gasteiger partial charge >= 0.3 is 0 Å². The maximum Gasteiger partial charge on any atom is 0.153 e. The number of benzene rings is 1. The third kappa shape index (κ3) is 1.78. The highest BCUT2D eigenvalue weighted by Gasteiger charge is 2.08. The number of methoxy groups -OCH3 is 1. The zero-order valence-corrected chi connectivity index (χ0v) is 9.88. The third-order valence-corrected chi connectivity index (χ3v) is 2.77. The average molecular weight is 240 g/mol. The number of nitrogens with two attached hydrogens (primary N) is 1. The lowest BCUT2D eigenvalue weighted by Gasteiger charge is -1.97. The fraction of sp³-hybridized carbons (Fsp3) is 0.0714. The minimum absolute atomic E-state index is 0.636. The molecule has 3 aromatic rings. The van der Waals surface area contributed by atoms with E-state index in [0.717, 1.165) is 28.2 Å². The fourth-order valence-corrected chi connectivity index (χ4v) is 1.82. The number of hydrogen-bond acceptors (Lipinski definition) is 4. The molecule has 90 valence electrons. The van der Waals surface area contributed by atoms with E-state index in [2.05, 4.69) is 4.98 Å². The van der Waals surface area contributed by atoms with Crippen LogP contribution in [0.25, 0.3) is 22.4 Å². The molecule has 1 aromatic carbocycles. The van der Waals surface area contributed by atoms with Gasteiger partial charge in [0.15, 0.2) is 5.76 Å². The van der Waals surface area contributed by atoms with E-state index < -0.39 is 0 Å². The van der Waals surface area contributed by atoms with Crippen LogP contribution in [0.5, 0.6) is 5.75 Å². The number of fused-ring (bicyclic) bond motifs is 1. The molecule has 0 saturated heterocycles. The molecule has 0 fully saturated rings. The van der Waals surface area contributed by atoms with Gasteiger partial charge in [0.1, 0.15) is 17.0 Å². The Morgan fingerprint density at radius 1 is 1.17 bits per heavy atom. The van der Waals surface area contributed by atoms with Crippen LogP contribution in [0, 0.1) is 0 Å². The van der Waals surface area contributed by atoms with Crippen LogP contribution in [-0.2, 0) is 0 Å². The SMILES string of the molecule is COc1ccc2cc(-c3ccc(N)cn3)oc2c1. The number of pyridine rings is 1. The van der Waals surface area contributed by atoms with Gasteiger partial charge in [-0.25, -0.2) is 0 Å². The summed E-state index contributed by atoms with van der Waals surface area (Å²) in [5, 5.41) is 1.02. The van der Waals surface area contributed by atoms with Crippen molar-refractivity contribution in [3.63, 3.8) is 0 Å². The molecule has 0 spiro atoms. The summed E-state index contributed by atoms with van der Waals surface area (Å²) < 4.78 is 10.9. The predicted octanol–water partition coefficient (Wildman–Crippen LogP) is 3.09. The number of nitrogens with zero attached hydrogens (tertiary/aromatic N) is 1. The van der Waals surface area contributed by atoms with Crippen LogP contribution >= 0.6 is 0 Å². The molecule has 0 unspecified atom stereocenters. The van der Waals surface area contributed by atoms with Gasteiger partial charge in [0, 0.05) is 11.5 Å². The molecule has 4 nitrogen and oxygen atoms in total. The molecule has 2 heterocycles. The number of anilines is 1. The minimum Gasteiger partial charge on any atom is -0.497 e. The van der Waals surface area contributed by atoms with Crippen LogP contribution in [-0.4, -0.2) is 12.1 Å². The largest absolute Gasteiger partial charge is 0.497 e. The molecule has 4 heteroatoms. The Bertz CT molecular complexity index is 687. The van der Waals surface area contributed by atoms with E-state index in [1.165, 1.54) is 0 Å². The number of rotatable bonds is 2. The van der Waals surface area contributed by atoms with Gasteiger partial charge in [0.2, 0.25) is 0 Å². The first-order valence-corrected chi connectivity index (χ1v) is 5.56. The maximum absolute atomic E-state index is 5.75. The van der Waals surface area contributed by atoms with E-state index in [4.69, 9.17) is 14.9 Å². The number of aromatic nitrogens is 1. The zero-order chi connectivity index (χ0) is 12.5. The molecule has 0 amide bonds. The summed E-state index contributed by atoms with van der Waals surface area (Å²) in [7, 11) is 1.63. The molecule has 0 bridgehead atoms. The minimum atomic E-state index is 0.636. The van der Waals surface area contributed by atoms with Crippen molar-refractivity contribution in [2.45, 2.75) is 0 Å². The number of ether oxygens (including phenoxy) is 1. The van der Waals surface area contributed by atoms with Crippen molar-refractivity contribution >= 4 is 16.7 Å². The normalized spacial score (nSPS) is 10.7.